The molecular weight excluding hydrogens is 613 g/mol. The van der Waals surface area contributed by atoms with Gasteiger partial charge in [0.25, 0.3) is 5.56 Å². The van der Waals surface area contributed by atoms with E-state index in [0.29, 0.717) is 6.42 Å². The third kappa shape index (κ3) is 17.5. The number of phosphoric ester groups is 1. The van der Waals surface area contributed by atoms with Gasteiger partial charge in [0.05, 0.1) is 6.61 Å². The minimum absolute atomic E-state index is 0.241. The van der Waals surface area contributed by atoms with E-state index in [2.05, 4.69) is 29.4 Å². The molecule has 0 saturated carbocycles. The van der Waals surface area contributed by atoms with Gasteiger partial charge in [0.2, 0.25) is 0 Å². The van der Waals surface area contributed by atoms with Crippen molar-refractivity contribution in [2.24, 2.45) is 0 Å². The van der Waals surface area contributed by atoms with E-state index < -0.39 is 50.2 Å². The molecular formula is C33H60N3O9P. The Labute approximate surface area is 274 Å². The quantitative estimate of drug-likeness (QED) is 0.0436. The largest absolute Gasteiger partial charge is 0.470 e. The number of nitrogens with one attached hydrogen (secondary N) is 2. The zero-order valence-electron chi connectivity index (χ0n) is 27.9. The molecule has 13 heteroatoms. The van der Waals surface area contributed by atoms with E-state index in [9.17, 15) is 29.0 Å². The van der Waals surface area contributed by atoms with E-state index in [1.165, 1.54) is 96.1 Å². The highest BCUT2D eigenvalue weighted by molar-refractivity contribution is 7.46. The second kappa shape index (κ2) is 24.5. The van der Waals surface area contributed by atoms with Crippen molar-refractivity contribution in [3.63, 3.8) is 0 Å². The molecule has 266 valence electrons. The molecule has 1 aromatic rings. The number of hydrogen-bond donors (Lipinski definition) is 5. The molecule has 0 amide bonds. The van der Waals surface area contributed by atoms with Gasteiger partial charge in [-0.05, 0) is 58.0 Å². The number of phosphoric acid groups is 1. The van der Waals surface area contributed by atoms with Crippen LogP contribution in [-0.4, -0.2) is 69.1 Å². The summed E-state index contributed by atoms with van der Waals surface area (Å²) in [4.78, 5) is 44.7. The van der Waals surface area contributed by atoms with Crippen molar-refractivity contribution in [1.82, 2.24) is 14.9 Å². The van der Waals surface area contributed by atoms with E-state index in [4.69, 9.17) is 14.0 Å². The van der Waals surface area contributed by atoms with Gasteiger partial charge in [-0.25, -0.2) is 9.36 Å². The van der Waals surface area contributed by atoms with Crippen molar-refractivity contribution in [3.05, 3.63) is 45.3 Å². The Balaban J connectivity index is 1.51. The van der Waals surface area contributed by atoms with Crippen LogP contribution in [0.2, 0.25) is 0 Å². The predicted octanol–water partition coefficient (Wildman–Crippen LogP) is 5.48. The van der Waals surface area contributed by atoms with Crippen LogP contribution in [0.15, 0.2) is 34.0 Å². The first-order valence-corrected chi connectivity index (χ1v) is 19.1. The number of unbranched alkanes of at least 4 members (excludes halogenated alkanes) is 15. The van der Waals surface area contributed by atoms with E-state index in [0.717, 1.165) is 43.0 Å². The normalized spacial score (nSPS) is 20.3. The van der Waals surface area contributed by atoms with E-state index >= 15 is 0 Å². The van der Waals surface area contributed by atoms with Crippen LogP contribution in [0.3, 0.4) is 0 Å². The van der Waals surface area contributed by atoms with Crippen molar-refractivity contribution >= 4 is 7.82 Å². The summed E-state index contributed by atoms with van der Waals surface area (Å²) >= 11 is 0. The highest BCUT2D eigenvalue weighted by Crippen LogP contribution is 2.44. The lowest BCUT2D eigenvalue weighted by molar-refractivity contribution is -0.0747. The highest BCUT2D eigenvalue weighted by Gasteiger charge is 2.49. The highest BCUT2D eigenvalue weighted by atomic mass is 31.2. The minimum Gasteiger partial charge on any atom is -0.394 e. The van der Waals surface area contributed by atoms with Gasteiger partial charge in [0, 0.05) is 18.9 Å². The smallest absolute Gasteiger partial charge is 0.394 e. The number of ether oxygens (including phenoxy) is 2. The number of rotatable bonds is 28. The van der Waals surface area contributed by atoms with Crippen LogP contribution in [0.25, 0.3) is 0 Å². The average Bonchev–Trinajstić information content (AvgIpc) is 3.34. The molecule has 0 aromatic carbocycles. The second-order valence-electron chi connectivity index (χ2n) is 12.3. The number of aromatic amines is 1. The lowest BCUT2D eigenvalue weighted by atomic mass is 10.1. The summed E-state index contributed by atoms with van der Waals surface area (Å²) < 4.78 is 29.1. The fourth-order valence-electron chi connectivity index (χ4n) is 5.72. The van der Waals surface area contributed by atoms with Gasteiger partial charge in [-0.2, -0.15) is 0 Å². The van der Waals surface area contributed by atoms with Gasteiger partial charge < -0.3 is 29.7 Å². The van der Waals surface area contributed by atoms with Crippen LogP contribution in [0.1, 0.15) is 129 Å². The van der Waals surface area contributed by atoms with E-state index in [1.807, 2.05) is 0 Å². The first-order chi connectivity index (χ1) is 22.3. The predicted molar refractivity (Wildman–Crippen MR) is 180 cm³/mol. The first kappa shape index (κ1) is 40.5. The Hall–Kier alpha value is -1.63. The van der Waals surface area contributed by atoms with Crippen molar-refractivity contribution in [1.29, 1.82) is 0 Å². The molecule has 1 fully saturated rings. The average molecular weight is 674 g/mol. The molecule has 46 heavy (non-hydrogen) atoms. The molecule has 2 heterocycles. The summed E-state index contributed by atoms with van der Waals surface area (Å²) in [5, 5.41) is 13.2. The van der Waals surface area contributed by atoms with Crippen molar-refractivity contribution in [2.45, 2.75) is 147 Å². The maximum Gasteiger partial charge on any atom is 0.470 e. The Morgan fingerprint density at radius 1 is 0.870 bits per heavy atom. The molecule has 1 aliphatic rings. The van der Waals surface area contributed by atoms with Gasteiger partial charge >= 0.3 is 13.5 Å². The number of nitrogens with zero attached hydrogens (tertiary/aromatic N) is 1. The molecule has 0 bridgehead atoms. The Morgan fingerprint density at radius 3 is 2.00 bits per heavy atom. The third-order valence-corrected chi connectivity index (χ3v) is 8.79. The molecule has 0 spiro atoms. The van der Waals surface area contributed by atoms with Gasteiger partial charge in [-0.1, -0.05) is 89.7 Å². The van der Waals surface area contributed by atoms with Gasteiger partial charge in [-0.3, -0.25) is 18.9 Å². The third-order valence-electron chi connectivity index (χ3n) is 8.27. The van der Waals surface area contributed by atoms with Crippen LogP contribution in [-0.2, 0) is 18.6 Å². The standard InChI is InChI=1S/C33H60N3O9P/c1-2-3-4-5-6-7-8-9-10-11-12-13-14-15-16-19-23-34-24-20-17-18-21-26-43-31-30(45-46(40,41)42)28(27-37)44-32(31)36-25-22-29(38)35-33(36)39/h9-10,22,25,28,30-32,34,37H,2-8,11-21,23-24,26-27H2,1H3,(H,35,38,39)(H2,40,41,42)/b10-9-/t28-,30-,31-,32-/m1/s1. The fourth-order valence-corrected chi connectivity index (χ4v) is 6.29. The Kier molecular flexibility index (Phi) is 21.6. The minimum atomic E-state index is -4.95. The SMILES string of the molecule is CCCCCCCC/C=C\CCCCCCCCNCCCCCCO[C@@H]1[C@H](OP(=O)(O)O)[C@@H](CO)O[C@H]1n1ccc(=O)[nH]c1=O. The van der Waals surface area contributed by atoms with Gasteiger partial charge in [-0.15, -0.1) is 0 Å². The summed E-state index contributed by atoms with van der Waals surface area (Å²) in [7, 11) is -4.95. The number of aliphatic hydroxyl groups is 1. The lowest BCUT2D eigenvalue weighted by Gasteiger charge is -2.25. The molecule has 12 nitrogen and oxygen atoms in total. The summed E-state index contributed by atoms with van der Waals surface area (Å²) in [6.45, 7) is 3.88. The van der Waals surface area contributed by atoms with Crippen LogP contribution in [0.5, 0.6) is 0 Å². The Morgan fingerprint density at radius 2 is 1.43 bits per heavy atom. The molecule has 4 atom stereocenters. The monoisotopic (exact) mass is 673 g/mol. The van der Waals surface area contributed by atoms with E-state index in [-0.39, 0.29) is 6.61 Å². The first-order valence-electron chi connectivity index (χ1n) is 17.6. The molecule has 0 radical (unpaired) electrons. The topological polar surface area (TPSA) is 172 Å². The van der Waals surface area contributed by atoms with Crippen molar-refractivity contribution < 1.29 is 33.5 Å². The lowest BCUT2D eigenvalue weighted by Crippen LogP contribution is -2.40. The maximum atomic E-state index is 12.3. The number of aromatic nitrogens is 2. The fraction of sp³-hybridized carbons (Fsp3) is 0.818. The van der Waals surface area contributed by atoms with E-state index in [1.54, 1.807) is 0 Å². The maximum absolute atomic E-state index is 12.3. The molecule has 0 unspecified atom stereocenters. The summed E-state index contributed by atoms with van der Waals surface area (Å²) in [5.74, 6) is 0. The van der Waals surface area contributed by atoms with Crippen LogP contribution in [0.4, 0.5) is 0 Å². The zero-order valence-corrected chi connectivity index (χ0v) is 28.8. The molecule has 1 aliphatic heterocycles. The zero-order chi connectivity index (χ0) is 33.5. The van der Waals surface area contributed by atoms with Crippen molar-refractivity contribution in [3.8, 4) is 0 Å². The number of H-pyrrole nitrogens is 1. The molecule has 1 saturated heterocycles. The summed E-state index contributed by atoms with van der Waals surface area (Å²) in [6, 6.07) is 1.12. The molecule has 0 aliphatic carbocycles. The van der Waals surface area contributed by atoms with Gasteiger partial charge in [0.15, 0.2) is 6.23 Å². The number of hydrogen-bond acceptors (Lipinski definition) is 8. The van der Waals surface area contributed by atoms with Crippen LogP contribution >= 0.6 is 7.82 Å². The Bertz CT molecular complexity index is 1110. The summed E-state index contributed by atoms with van der Waals surface area (Å²) in [5.41, 5.74) is -1.37. The molecule has 1 aromatic heterocycles. The van der Waals surface area contributed by atoms with Crippen LogP contribution in [0, 0.1) is 0 Å². The number of aliphatic hydroxyl groups excluding tert-OH is 1. The van der Waals surface area contributed by atoms with Crippen molar-refractivity contribution in [2.75, 3.05) is 26.3 Å². The van der Waals surface area contributed by atoms with Gasteiger partial charge in [0.1, 0.15) is 18.3 Å². The number of allylic oxidation sites excluding steroid dienone is 2. The second-order valence-corrected chi connectivity index (χ2v) is 13.5. The molecule has 2 rings (SSSR count). The molecule has 5 N–H and O–H groups in total. The van der Waals surface area contributed by atoms with Crippen LogP contribution < -0.4 is 16.6 Å². The summed E-state index contributed by atoms with van der Waals surface area (Å²) in [6.07, 6.45) is 23.2.